The molecular weight excluding hydrogens is 284 g/mol. The number of nitro groups is 1. The SMILES string of the molecule is COc1cc(-c2cnc(CCCCl)o2)ccc1[N+](=O)[O-]. The highest BCUT2D eigenvalue weighted by Crippen LogP contribution is 2.32. The zero-order valence-corrected chi connectivity index (χ0v) is 11.6. The molecule has 2 aromatic rings. The Balaban J connectivity index is 2.28. The molecule has 0 aliphatic heterocycles. The fourth-order valence-corrected chi connectivity index (χ4v) is 1.89. The van der Waals surface area contributed by atoms with E-state index in [0.717, 1.165) is 6.42 Å². The molecule has 1 aromatic heterocycles. The molecule has 20 heavy (non-hydrogen) atoms. The summed E-state index contributed by atoms with van der Waals surface area (Å²) in [7, 11) is 1.39. The quantitative estimate of drug-likeness (QED) is 0.463. The van der Waals surface area contributed by atoms with Crippen LogP contribution in [0.2, 0.25) is 0 Å². The van der Waals surface area contributed by atoms with Crippen LogP contribution >= 0.6 is 11.6 Å². The molecule has 0 atom stereocenters. The van der Waals surface area contributed by atoms with Crippen LogP contribution in [-0.4, -0.2) is 22.9 Å². The lowest BCUT2D eigenvalue weighted by molar-refractivity contribution is -0.385. The number of ether oxygens (including phenoxy) is 1. The number of halogens is 1. The van der Waals surface area contributed by atoms with E-state index >= 15 is 0 Å². The van der Waals surface area contributed by atoms with E-state index in [1.165, 1.54) is 13.2 Å². The Morgan fingerprint density at radius 3 is 2.95 bits per heavy atom. The van der Waals surface area contributed by atoms with Crippen molar-refractivity contribution < 1.29 is 14.1 Å². The number of hydrogen-bond donors (Lipinski definition) is 0. The molecule has 7 heteroatoms. The molecule has 1 heterocycles. The van der Waals surface area contributed by atoms with Gasteiger partial charge in [-0.15, -0.1) is 11.6 Å². The van der Waals surface area contributed by atoms with Crippen molar-refractivity contribution in [3.63, 3.8) is 0 Å². The molecule has 0 aliphatic rings. The normalized spacial score (nSPS) is 10.5. The standard InChI is InChI=1S/C13H13ClN2O4/c1-19-11-7-9(4-5-10(11)16(17)18)12-8-15-13(20-12)3-2-6-14/h4-5,7-8H,2-3,6H2,1H3. The predicted molar refractivity (Wildman–Crippen MR) is 74.2 cm³/mol. The summed E-state index contributed by atoms with van der Waals surface area (Å²) < 4.78 is 10.6. The summed E-state index contributed by atoms with van der Waals surface area (Å²) in [6, 6.07) is 4.55. The summed E-state index contributed by atoms with van der Waals surface area (Å²) in [6.07, 6.45) is 3.03. The third kappa shape index (κ3) is 3.08. The van der Waals surface area contributed by atoms with Crippen LogP contribution < -0.4 is 4.74 Å². The lowest BCUT2D eigenvalue weighted by atomic mass is 10.1. The van der Waals surface area contributed by atoms with Crippen LogP contribution in [0.4, 0.5) is 5.69 Å². The number of alkyl halides is 1. The van der Waals surface area contributed by atoms with Crippen molar-refractivity contribution in [2.75, 3.05) is 13.0 Å². The highest BCUT2D eigenvalue weighted by molar-refractivity contribution is 6.17. The molecule has 0 fully saturated rings. The van der Waals surface area contributed by atoms with Gasteiger partial charge >= 0.3 is 5.69 Å². The number of nitro benzene ring substituents is 1. The molecule has 1 aromatic carbocycles. The Morgan fingerprint density at radius 1 is 1.50 bits per heavy atom. The molecule has 0 radical (unpaired) electrons. The van der Waals surface area contributed by atoms with E-state index in [4.69, 9.17) is 20.8 Å². The van der Waals surface area contributed by atoms with Gasteiger partial charge in [0.2, 0.25) is 0 Å². The Kier molecular flexibility index (Phi) is 4.57. The summed E-state index contributed by atoms with van der Waals surface area (Å²) in [5.74, 6) is 1.87. The zero-order valence-electron chi connectivity index (χ0n) is 10.8. The topological polar surface area (TPSA) is 78.4 Å². The first-order valence-corrected chi connectivity index (χ1v) is 6.52. The van der Waals surface area contributed by atoms with Gasteiger partial charge in [0, 0.05) is 23.9 Å². The number of nitrogens with zero attached hydrogens (tertiary/aromatic N) is 2. The molecule has 2 rings (SSSR count). The summed E-state index contributed by atoms with van der Waals surface area (Å²) in [4.78, 5) is 14.5. The second-order valence-corrected chi connectivity index (χ2v) is 4.43. The smallest absolute Gasteiger partial charge is 0.310 e. The van der Waals surface area contributed by atoms with E-state index in [2.05, 4.69) is 4.98 Å². The van der Waals surface area contributed by atoms with Crippen molar-refractivity contribution >= 4 is 17.3 Å². The largest absolute Gasteiger partial charge is 0.490 e. The van der Waals surface area contributed by atoms with Gasteiger partial charge in [0.25, 0.3) is 0 Å². The van der Waals surface area contributed by atoms with Crippen molar-refractivity contribution in [1.82, 2.24) is 4.98 Å². The van der Waals surface area contributed by atoms with Gasteiger partial charge in [-0.05, 0) is 18.6 Å². The lowest BCUT2D eigenvalue weighted by Crippen LogP contribution is -1.93. The Hall–Kier alpha value is -2.08. The minimum absolute atomic E-state index is 0.0851. The number of aromatic nitrogens is 1. The van der Waals surface area contributed by atoms with Crippen LogP contribution in [0.3, 0.4) is 0 Å². The van der Waals surface area contributed by atoms with Crippen LogP contribution in [0.15, 0.2) is 28.8 Å². The average molecular weight is 297 g/mol. The van der Waals surface area contributed by atoms with Gasteiger partial charge in [-0.3, -0.25) is 10.1 Å². The molecule has 6 nitrogen and oxygen atoms in total. The molecule has 0 aliphatic carbocycles. The van der Waals surface area contributed by atoms with Crippen molar-refractivity contribution in [3.8, 4) is 17.1 Å². The number of benzene rings is 1. The molecule has 106 valence electrons. The number of aryl methyl sites for hydroxylation is 1. The maximum absolute atomic E-state index is 10.8. The first-order valence-electron chi connectivity index (χ1n) is 5.99. The van der Waals surface area contributed by atoms with Crippen molar-refractivity contribution in [2.24, 2.45) is 0 Å². The van der Waals surface area contributed by atoms with Gasteiger partial charge < -0.3 is 9.15 Å². The van der Waals surface area contributed by atoms with Gasteiger partial charge in [-0.2, -0.15) is 0 Å². The molecule has 0 N–H and O–H groups in total. The lowest BCUT2D eigenvalue weighted by Gasteiger charge is -2.03. The van der Waals surface area contributed by atoms with Crippen LogP contribution in [0.25, 0.3) is 11.3 Å². The molecule has 0 saturated carbocycles. The van der Waals surface area contributed by atoms with Gasteiger partial charge in [-0.25, -0.2) is 4.98 Å². The molecule has 0 amide bonds. The summed E-state index contributed by atoms with van der Waals surface area (Å²) >= 11 is 5.61. The minimum atomic E-state index is -0.491. The summed E-state index contributed by atoms with van der Waals surface area (Å²) in [5, 5.41) is 10.8. The molecule has 0 spiro atoms. The van der Waals surface area contributed by atoms with E-state index in [9.17, 15) is 10.1 Å². The first kappa shape index (κ1) is 14.3. The Morgan fingerprint density at radius 2 is 2.30 bits per heavy atom. The van der Waals surface area contributed by atoms with Crippen LogP contribution in [0, 0.1) is 10.1 Å². The fraction of sp³-hybridized carbons (Fsp3) is 0.308. The van der Waals surface area contributed by atoms with Crippen LogP contribution in [-0.2, 0) is 6.42 Å². The van der Waals surface area contributed by atoms with Crippen molar-refractivity contribution in [2.45, 2.75) is 12.8 Å². The third-order valence-electron chi connectivity index (χ3n) is 2.74. The van der Waals surface area contributed by atoms with Crippen molar-refractivity contribution in [3.05, 3.63) is 40.4 Å². The number of rotatable bonds is 6. The number of methoxy groups -OCH3 is 1. The zero-order chi connectivity index (χ0) is 14.5. The summed E-state index contributed by atoms with van der Waals surface area (Å²) in [5.41, 5.74) is 0.593. The van der Waals surface area contributed by atoms with Crippen LogP contribution in [0.5, 0.6) is 5.75 Å². The number of hydrogen-bond acceptors (Lipinski definition) is 5. The molecule has 0 saturated heterocycles. The summed E-state index contributed by atoms with van der Waals surface area (Å²) in [6.45, 7) is 0. The fourth-order valence-electron chi connectivity index (χ4n) is 1.76. The second-order valence-electron chi connectivity index (χ2n) is 4.05. The monoisotopic (exact) mass is 296 g/mol. The van der Waals surface area contributed by atoms with Gasteiger partial charge in [-0.1, -0.05) is 0 Å². The Bertz CT molecular complexity index is 612. The third-order valence-corrected chi connectivity index (χ3v) is 3.01. The second kappa shape index (κ2) is 6.38. The average Bonchev–Trinajstić information content (AvgIpc) is 2.93. The number of oxazole rings is 1. The van der Waals surface area contributed by atoms with E-state index in [-0.39, 0.29) is 11.4 Å². The van der Waals surface area contributed by atoms with Gasteiger partial charge in [0.15, 0.2) is 17.4 Å². The Labute approximate surface area is 120 Å². The first-order chi connectivity index (χ1) is 9.65. The maximum atomic E-state index is 10.8. The predicted octanol–water partition coefficient (Wildman–Crippen LogP) is 3.43. The van der Waals surface area contributed by atoms with Crippen molar-refractivity contribution in [1.29, 1.82) is 0 Å². The van der Waals surface area contributed by atoms with E-state index in [1.54, 1.807) is 18.3 Å². The highest BCUT2D eigenvalue weighted by atomic mass is 35.5. The molecule has 0 bridgehead atoms. The van der Waals surface area contributed by atoms with Gasteiger partial charge in [0.05, 0.1) is 18.2 Å². The highest BCUT2D eigenvalue weighted by Gasteiger charge is 2.16. The maximum Gasteiger partial charge on any atom is 0.310 e. The van der Waals surface area contributed by atoms with E-state index in [0.29, 0.717) is 29.5 Å². The molecule has 0 unspecified atom stereocenters. The van der Waals surface area contributed by atoms with Gasteiger partial charge in [0.1, 0.15) is 0 Å². The van der Waals surface area contributed by atoms with E-state index in [1.807, 2.05) is 0 Å². The van der Waals surface area contributed by atoms with E-state index < -0.39 is 4.92 Å². The van der Waals surface area contributed by atoms with Crippen LogP contribution in [0.1, 0.15) is 12.3 Å². The minimum Gasteiger partial charge on any atom is -0.490 e. The molecular formula is C13H13ClN2O4.